The van der Waals surface area contributed by atoms with Gasteiger partial charge in [-0.1, -0.05) is 23.7 Å². The quantitative estimate of drug-likeness (QED) is 0.387. The molecule has 15 heteroatoms. The normalized spacial score (nSPS) is 20.0. The average Bonchev–Trinajstić information content (AvgIpc) is 3.72. The zero-order valence-corrected chi connectivity index (χ0v) is 25.3. The van der Waals surface area contributed by atoms with Gasteiger partial charge >= 0.3 is 6.18 Å². The van der Waals surface area contributed by atoms with E-state index in [1.165, 1.54) is 28.6 Å². The third kappa shape index (κ3) is 6.57. The molecule has 2 saturated heterocycles. The Bertz CT molecular complexity index is 1550. The molecular weight excluding hydrogens is 613 g/mol. The largest absolute Gasteiger partial charge is 0.416 e. The van der Waals surface area contributed by atoms with Crippen molar-refractivity contribution in [3.63, 3.8) is 0 Å². The molecule has 42 heavy (non-hydrogen) atoms. The number of halogens is 4. The van der Waals surface area contributed by atoms with E-state index in [1.54, 1.807) is 6.07 Å². The number of nitrogens with one attached hydrogen (secondary N) is 1. The monoisotopic (exact) mass is 642 g/mol. The number of aromatic nitrogens is 2. The van der Waals surface area contributed by atoms with E-state index in [-0.39, 0.29) is 17.3 Å². The van der Waals surface area contributed by atoms with Crippen molar-refractivity contribution < 1.29 is 26.4 Å². The van der Waals surface area contributed by atoms with Crippen LogP contribution in [0.25, 0.3) is 11.3 Å². The van der Waals surface area contributed by atoms with Crippen molar-refractivity contribution in [1.82, 2.24) is 24.5 Å². The summed E-state index contributed by atoms with van der Waals surface area (Å²) >= 11 is 6.89. The molecule has 3 aromatic rings. The molecule has 2 fully saturated rings. The van der Waals surface area contributed by atoms with Crippen molar-refractivity contribution >= 4 is 44.8 Å². The Morgan fingerprint density at radius 1 is 1.12 bits per heavy atom. The lowest BCUT2D eigenvalue weighted by Crippen LogP contribution is -2.45. The smallest absolute Gasteiger partial charge is 0.349 e. The number of carbonyl (C=O) groups is 1. The van der Waals surface area contributed by atoms with Crippen LogP contribution in [0.5, 0.6) is 0 Å². The first-order chi connectivity index (χ1) is 19.8. The fourth-order valence-corrected chi connectivity index (χ4v) is 8.44. The highest BCUT2D eigenvalue weighted by Gasteiger charge is 2.40. The number of hydrogen-bond acceptors (Lipinski definition) is 8. The summed E-state index contributed by atoms with van der Waals surface area (Å²) < 4.78 is 67.4. The highest BCUT2D eigenvalue weighted by atomic mass is 35.5. The number of sulfonamides is 1. The SMILES string of the molecule is CN(C)[C@H]1CCN(c2nc(CNC(=O)[C@@H]3CCCN3S(=O)(=O)c3ccc(Cl)s3)cc(-c3ccc(C(F)(F)F)cc3)n2)C1. The zero-order valence-electron chi connectivity index (χ0n) is 22.9. The van der Waals surface area contributed by atoms with Gasteiger partial charge in [0.25, 0.3) is 10.0 Å². The summed E-state index contributed by atoms with van der Waals surface area (Å²) in [5, 5.41) is 2.82. The summed E-state index contributed by atoms with van der Waals surface area (Å²) in [4.78, 5) is 26.7. The molecule has 0 spiro atoms. The van der Waals surface area contributed by atoms with Crippen LogP contribution in [-0.2, 0) is 27.5 Å². The molecule has 0 unspecified atom stereocenters. The van der Waals surface area contributed by atoms with Crippen molar-refractivity contribution in [2.45, 2.75) is 48.3 Å². The van der Waals surface area contributed by atoms with Crippen LogP contribution in [0.3, 0.4) is 0 Å². The van der Waals surface area contributed by atoms with Crippen LogP contribution in [0.4, 0.5) is 19.1 Å². The predicted octanol–water partition coefficient (Wildman–Crippen LogP) is 4.49. The number of alkyl halides is 3. The molecule has 1 amide bonds. The molecule has 1 N–H and O–H groups in total. The lowest BCUT2D eigenvalue weighted by Gasteiger charge is -2.23. The molecule has 0 saturated carbocycles. The van der Waals surface area contributed by atoms with E-state index in [0.717, 1.165) is 29.9 Å². The molecule has 9 nitrogen and oxygen atoms in total. The van der Waals surface area contributed by atoms with Gasteiger partial charge in [0.1, 0.15) is 10.3 Å². The van der Waals surface area contributed by atoms with E-state index in [9.17, 15) is 26.4 Å². The lowest BCUT2D eigenvalue weighted by atomic mass is 10.1. The lowest BCUT2D eigenvalue weighted by molar-refractivity contribution is -0.137. The van der Waals surface area contributed by atoms with Gasteiger partial charge in [-0.05, 0) is 63.7 Å². The second-order valence-corrected chi connectivity index (χ2v) is 14.4. The van der Waals surface area contributed by atoms with Crippen LogP contribution in [0.2, 0.25) is 4.34 Å². The molecule has 2 aromatic heterocycles. The fraction of sp³-hybridized carbons (Fsp3) is 0.444. The van der Waals surface area contributed by atoms with Crippen LogP contribution < -0.4 is 10.2 Å². The Balaban J connectivity index is 1.38. The van der Waals surface area contributed by atoms with E-state index in [1.807, 2.05) is 19.0 Å². The van der Waals surface area contributed by atoms with Gasteiger partial charge in [0, 0.05) is 31.2 Å². The molecular formula is C27H30ClF3N6O3S2. The Morgan fingerprint density at radius 2 is 1.86 bits per heavy atom. The molecule has 0 bridgehead atoms. The van der Waals surface area contributed by atoms with E-state index < -0.39 is 33.7 Å². The van der Waals surface area contributed by atoms with E-state index in [0.29, 0.717) is 59.2 Å². The first-order valence-corrected chi connectivity index (χ1v) is 16.0. The number of hydrogen-bond donors (Lipinski definition) is 1. The maximum atomic E-state index is 13.3. The van der Waals surface area contributed by atoms with E-state index in [2.05, 4.69) is 20.2 Å². The molecule has 0 aliphatic carbocycles. The van der Waals surface area contributed by atoms with E-state index in [4.69, 9.17) is 11.6 Å². The molecule has 5 rings (SSSR count). The minimum Gasteiger partial charge on any atom is -0.349 e. The third-order valence-electron chi connectivity index (χ3n) is 7.51. The summed E-state index contributed by atoms with van der Waals surface area (Å²) in [6.07, 6.45) is -2.66. The Labute approximate surface area is 251 Å². The van der Waals surface area contributed by atoms with Gasteiger partial charge in [0.15, 0.2) is 0 Å². The summed E-state index contributed by atoms with van der Waals surface area (Å²) in [5.74, 6) is -0.0375. The number of benzene rings is 1. The van der Waals surface area contributed by atoms with Crippen molar-refractivity contribution in [3.8, 4) is 11.3 Å². The van der Waals surface area contributed by atoms with Gasteiger partial charge in [0.05, 0.1) is 27.8 Å². The number of nitrogens with zero attached hydrogens (tertiary/aromatic N) is 5. The Hall–Kier alpha value is -2.78. The number of amides is 1. The van der Waals surface area contributed by atoms with Gasteiger partial charge in [-0.2, -0.15) is 17.5 Å². The standard InChI is InChI=1S/C27H30ClF3N6O3S2/c1-35(2)20-11-13-36(16-20)26-33-19(14-21(34-26)17-5-7-18(8-6-17)27(29,30)31)15-32-25(38)22-4-3-12-37(22)42(39,40)24-10-9-23(28)41-24/h5-10,14,20,22H,3-4,11-13,15-16H2,1-2H3,(H,32,38)/t20-,22-/m0/s1. The minimum atomic E-state index is -4.46. The summed E-state index contributed by atoms with van der Waals surface area (Å²) in [6, 6.07) is 8.71. The van der Waals surface area contributed by atoms with E-state index >= 15 is 0 Å². The van der Waals surface area contributed by atoms with Crippen LogP contribution in [0, 0.1) is 0 Å². The Morgan fingerprint density at radius 3 is 2.48 bits per heavy atom. The van der Waals surface area contributed by atoms with Crippen LogP contribution >= 0.6 is 22.9 Å². The number of anilines is 1. The molecule has 1 aromatic carbocycles. The topological polar surface area (TPSA) is 98.7 Å². The number of carbonyl (C=O) groups excluding carboxylic acids is 1. The molecule has 4 heterocycles. The predicted molar refractivity (Wildman–Crippen MR) is 155 cm³/mol. The molecule has 226 valence electrons. The van der Waals surface area contributed by atoms with Crippen LogP contribution in [-0.4, -0.2) is 79.3 Å². The average molecular weight is 643 g/mol. The van der Waals surface area contributed by atoms with Crippen LogP contribution in [0.1, 0.15) is 30.5 Å². The van der Waals surface area contributed by atoms with Crippen molar-refractivity contribution in [3.05, 3.63) is 58.1 Å². The Kier molecular flexibility index (Phi) is 8.82. The van der Waals surface area contributed by atoms with Crippen LogP contribution in [0.15, 0.2) is 46.7 Å². The van der Waals surface area contributed by atoms with Crippen molar-refractivity contribution in [1.29, 1.82) is 0 Å². The highest BCUT2D eigenvalue weighted by Crippen LogP contribution is 2.33. The highest BCUT2D eigenvalue weighted by molar-refractivity contribution is 7.91. The maximum absolute atomic E-state index is 13.3. The minimum absolute atomic E-state index is 0.0118. The van der Waals surface area contributed by atoms with Crippen molar-refractivity contribution in [2.24, 2.45) is 0 Å². The molecule has 2 atom stereocenters. The third-order valence-corrected chi connectivity index (χ3v) is 11.1. The fourth-order valence-electron chi connectivity index (χ4n) is 5.18. The number of likely N-dealkylation sites (N-methyl/N-ethyl adjacent to an activating group) is 1. The van der Waals surface area contributed by atoms with Gasteiger partial charge < -0.3 is 15.1 Å². The second kappa shape index (κ2) is 12.1. The first-order valence-electron chi connectivity index (χ1n) is 13.3. The van der Waals surface area contributed by atoms with Gasteiger partial charge in [-0.3, -0.25) is 4.79 Å². The summed E-state index contributed by atoms with van der Waals surface area (Å²) in [7, 11) is 0.0967. The molecule has 0 radical (unpaired) electrons. The van der Waals surface area contributed by atoms with Gasteiger partial charge in [0.2, 0.25) is 11.9 Å². The maximum Gasteiger partial charge on any atom is 0.416 e. The molecule has 2 aliphatic rings. The molecule has 2 aliphatic heterocycles. The number of rotatable bonds is 8. The van der Waals surface area contributed by atoms with Gasteiger partial charge in [-0.15, -0.1) is 11.3 Å². The zero-order chi connectivity index (χ0) is 30.2. The van der Waals surface area contributed by atoms with Gasteiger partial charge in [-0.25, -0.2) is 18.4 Å². The summed E-state index contributed by atoms with van der Waals surface area (Å²) in [5.41, 5.74) is 0.590. The number of thiophene rings is 1. The summed E-state index contributed by atoms with van der Waals surface area (Å²) in [6.45, 7) is 1.58. The first kappa shape index (κ1) is 30.7. The van der Waals surface area contributed by atoms with Crippen molar-refractivity contribution in [2.75, 3.05) is 38.6 Å². The second-order valence-electron chi connectivity index (χ2n) is 10.5.